The van der Waals surface area contributed by atoms with Crippen LogP contribution in [0.5, 0.6) is 11.5 Å². The normalized spacial score (nSPS) is 13.3. The first-order chi connectivity index (χ1) is 11.9. The molecule has 0 aliphatic carbocycles. The highest BCUT2D eigenvalue weighted by Crippen LogP contribution is 2.33. The minimum absolute atomic E-state index is 0.0278. The number of likely N-dealkylation sites (N-methyl/N-ethyl adjacent to an activating group) is 1. The van der Waals surface area contributed by atoms with Gasteiger partial charge < -0.3 is 19.7 Å². The third-order valence-electron chi connectivity index (χ3n) is 3.79. The molecule has 2 aromatic carbocycles. The van der Waals surface area contributed by atoms with Gasteiger partial charge in [0.15, 0.2) is 6.61 Å². The van der Waals surface area contributed by atoms with Crippen molar-refractivity contribution in [3.05, 3.63) is 48.0 Å². The maximum absolute atomic E-state index is 12.4. The molecule has 1 aliphatic heterocycles. The summed E-state index contributed by atoms with van der Waals surface area (Å²) in [6.45, 7) is 3.92. The van der Waals surface area contributed by atoms with Crippen LogP contribution < -0.4 is 19.7 Å². The van der Waals surface area contributed by atoms with Gasteiger partial charge in [0.25, 0.3) is 11.8 Å². The Hall–Kier alpha value is -3.02. The van der Waals surface area contributed by atoms with Crippen molar-refractivity contribution in [1.29, 1.82) is 0 Å². The molecule has 0 saturated heterocycles. The number of anilines is 2. The number of ether oxygens (including phenoxy) is 2. The minimum atomic E-state index is -0.234. The van der Waals surface area contributed by atoms with Gasteiger partial charge in [-0.1, -0.05) is 0 Å². The van der Waals surface area contributed by atoms with E-state index in [1.807, 2.05) is 13.8 Å². The molecule has 0 spiro atoms. The summed E-state index contributed by atoms with van der Waals surface area (Å²) < 4.78 is 10.9. The van der Waals surface area contributed by atoms with Gasteiger partial charge in [0.1, 0.15) is 11.5 Å². The Kier molecular flexibility index (Phi) is 4.61. The first kappa shape index (κ1) is 16.8. The fourth-order valence-electron chi connectivity index (χ4n) is 2.51. The highest BCUT2D eigenvalue weighted by molar-refractivity contribution is 6.05. The lowest BCUT2D eigenvalue weighted by Crippen LogP contribution is -2.35. The van der Waals surface area contributed by atoms with Gasteiger partial charge in [-0.15, -0.1) is 0 Å². The molecule has 6 heteroatoms. The van der Waals surface area contributed by atoms with Gasteiger partial charge in [-0.25, -0.2) is 0 Å². The Labute approximate surface area is 146 Å². The van der Waals surface area contributed by atoms with Gasteiger partial charge in [-0.05, 0) is 56.3 Å². The molecular formula is C19H20N2O4. The second-order valence-corrected chi connectivity index (χ2v) is 6.07. The molecule has 2 aromatic rings. The van der Waals surface area contributed by atoms with E-state index in [9.17, 15) is 9.59 Å². The van der Waals surface area contributed by atoms with E-state index in [0.29, 0.717) is 22.7 Å². The van der Waals surface area contributed by atoms with Crippen molar-refractivity contribution in [3.8, 4) is 11.5 Å². The maximum atomic E-state index is 12.4. The van der Waals surface area contributed by atoms with Crippen LogP contribution >= 0.6 is 0 Å². The molecule has 1 aliphatic rings. The lowest BCUT2D eigenvalue weighted by atomic mass is 10.1. The van der Waals surface area contributed by atoms with E-state index in [4.69, 9.17) is 9.47 Å². The highest BCUT2D eigenvalue weighted by Gasteiger charge is 2.22. The van der Waals surface area contributed by atoms with Gasteiger partial charge in [-0.3, -0.25) is 9.59 Å². The van der Waals surface area contributed by atoms with E-state index in [0.717, 1.165) is 5.75 Å². The molecule has 0 fully saturated rings. The van der Waals surface area contributed by atoms with Crippen molar-refractivity contribution < 1.29 is 19.1 Å². The number of nitrogens with zero attached hydrogens (tertiary/aromatic N) is 1. The fourth-order valence-corrected chi connectivity index (χ4v) is 2.51. The number of hydrogen-bond acceptors (Lipinski definition) is 4. The predicted octanol–water partition coefficient (Wildman–Crippen LogP) is 3.08. The summed E-state index contributed by atoms with van der Waals surface area (Å²) in [5.41, 5.74) is 1.75. The molecule has 130 valence electrons. The lowest BCUT2D eigenvalue weighted by molar-refractivity contribution is -0.120. The number of carbonyl (C=O) groups is 2. The molecule has 1 N–H and O–H groups in total. The van der Waals surface area contributed by atoms with E-state index in [1.54, 1.807) is 49.5 Å². The molecule has 0 aromatic heterocycles. The molecule has 3 rings (SSSR count). The first-order valence-corrected chi connectivity index (χ1v) is 8.05. The number of carbonyl (C=O) groups excluding carboxylic acids is 2. The monoisotopic (exact) mass is 340 g/mol. The summed E-state index contributed by atoms with van der Waals surface area (Å²) in [5, 5.41) is 2.83. The summed E-state index contributed by atoms with van der Waals surface area (Å²) in [6, 6.07) is 12.2. The summed E-state index contributed by atoms with van der Waals surface area (Å²) in [7, 11) is 1.68. The minimum Gasteiger partial charge on any atom is -0.491 e. The number of nitrogens with one attached hydrogen (secondary N) is 1. The largest absolute Gasteiger partial charge is 0.491 e. The Morgan fingerprint density at radius 2 is 1.92 bits per heavy atom. The van der Waals surface area contributed by atoms with Crippen LogP contribution in [0.15, 0.2) is 42.5 Å². The number of fused-ring (bicyclic) bond motifs is 1. The average Bonchev–Trinajstić information content (AvgIpc) is 2.58. The van der Waals surface area contributed by atoms with E-state index in [-0.39, 0.29) is 24.5 Å². The summed E-state index contributed by atoms with van der Waals surface area (Å²) >= 11 is 0. The molecular weight excluding hydrogens is 320 g/mol. The van der Waals surface area contributed by atoms with Gasteiger partial charge in [0, 0.05) is 18.3 Å². The summed E-state index contributed by atoms with van der Waals surface area (Å²) in [4.78, 5) is 25.6. The van der Waals surface area contributed by atoms with Crippen LogP contribution in [0.2, 0.25) is 0 Å². The van der Waals surface area contributed by atoms with Crippen LogP contribution in [0.25, 0.3) is 0 Å². The Morgan fingerprint density at radius 3 is 2.60 bits per heavy atom. The molecule has 2 amide bonds. The highest BCUT2D eigenvalue weighted by atomic mass is 16.5. The van der Waals surface area contributed by atoms with E-state index in [2.05, 4.69) is 5.32 Å². The maximum Gasteiger partial charge on any atom is 0.264 e. The molecule has 6 nitrogen and oxygen atoms in total. The number of amides is 2. The van der Waals surface area contributed by atoms with Crippen LogP contribution in [-0.4, -0.2) is 31.6 Å². The second-order valence-electron chi connectivity index (χ2n) is 6.07. The number of benzene rings is 2. The molecule has 0 bridgehead atoms. The fraction of sp³-hybridized carbons (Fsp3) is 0.263. The van der Waals surface area contributed by atoms with Crippen molar-refractivity contribution in [2.45, 2.75) is 20.0 Å². The number of rotatable bonds is 4. The Bertz CT molecular complexity index is 800. The standard InChI is InChI=1S/C19H20N2O4/c1-12(2)25-15-7-4-13(5-8-15)19(23)20-14-6-9-17-16(10-14)21(3)18(22)11-24-17/h4-10,12H,11H2,1-3H3,(H,20,23). The predicted molar refractivity (Wildman–Crippen MR) is 95.5 cm³/mol. The quantitative estimate of drug-likeness (QED) is 0.929. The third kappa shape index (κ3) is 3.74. The van der Waals surface area contributed by atoms with Crippen molar-refractivity contribution in [2.75, 3.05) is 23.9 Å². The van der Waals surface area contributed by atoms with Crippen molar-refractivity contribution >= 4 is 23.2 Å². The van der Waals surface area contributed by atoms with Crippen molar-refractivity contribution in [2.24, 2.45) is 0 Å². The van der Waals surface area contributed by atoms with Crippen LogP contribution in [0.3, 0.4) is 0 Å². The molecule has 0 saturated carbocycles. The zero-order valence-electron chi connectivity index (χ0n) is 14.4. The van der Waals surface area contributed by atoms with E-state index >= 15 is 0 Å². The van der Waals surface area contributed by atoms with Crippen LogP contribution in [0.1, 0.15) is 24.2 Å². The number of hydrogen-bond donors (Lipinski definition) is 1. The van der Waals surface area contributed by atoms with Gasteiger partial charge >= 0.3 is 0 Å². The van der Waals surface area contributed by atoms with E-state index in [1.165, 1.54) is 4.90 Å². The van der Waals surface area contributed by atoms with Crippen LogP contribution in [0.4, 0.5) is 11.4 Å². The van der Waals surface area contributed by atoms with Crippen LogP contribution in [0, 0.1) is 0 Å². The van der Waals surface area contributed by atoms with Gasteiger partial charge in [-0.2, -0.15) is 0 Å². The smallest absolute Gasteiger partial charge is 0.264 e. The molecule has 1 heterocycles. The van der Waals surface area contributed by atoms with Crippen molar-refractivity contribution in [3.63, 3.8) is 0 Å². The average molecular weight is 340 g/mol. The summed E-state index contributed by atoms with van der Waals surface area (Å²) in [5.74, 6) is 0.978. The first-order valence-electron chi connectivity index (χ1n) is 8.05. The van der Waals surface area contributed by atoms with Gasteiger partial charge in [0.05, 0.1) is 11.8 Å². The second kappa shape index (κ2) is 6.84. The third-order valence-corrected chi connectivity index (χ3v) is 3.79. The van der Waals surface area contributed by atoms with E-state index < -0.39 is 0 Å². The topological polar surface area (TPSA) is 67.9 Å². The SMILES string of the molecule is CC(C)Oc1ccc(C(=O)Nc2ccc3c(c2)N(C)C(=O)CO3)cc1. The zero-order chi connectivity index (χ0) is 18.0. The molecule has 0 radical (unpaired) electrons. The molecule has 0 unspecified atom stereocenters. The van der Waals surface area contributed by atoms with Crippen LogP contribution in [-0.2, 0) is 4.79 Å². The molecule has 0 atom stereocenters. The zero-order valence-corrected chi connectivity index (χ0v) is 14.4. The molecule has 25 heavy (non-hydrogen) atoms. The summed E-state index contributed by atoms with van der Waals surface area (Å²) in [6.07, 6.45) is 0.0806. The Balaban J connectivity index is 1.74. The lowest BCUT2D eigenvalue weighted by Gasteiger charge is -2.26. The Morgan fingerprint density at radius 1 is 1.20 bits per heavy atom. The van der Waals surface area contributed by atoms with Crippen molar-refractivity contribution in [1.82, 2.24) is 0 Å². The van der Waals surface area contributed by atoms with Gasteiger partial charge in [0.2, 0.25) is 0 Å².